The first-order chi connectivity index (χ1) is 10.0. The fourth-order valence-electron chi connectivity index (χ4n) is 2.81. The highest BCUT2D eigenvalue weighted by atomic mass is 32.2. The van der Waals surface area contributed by atoms with E-state index < -0.39 is 9.84 Å². The average Bonchev–Trinajstić information content (AvgIpc) is 2.48. The van der Waals surface area contributed by atoms with Crippen molar-refractivity contribution in [1.82, 2.24) is 0 Å². The second-order valence-corrected chi connectivity index (χ2v) is 7.78. The van der Waals surface area contributed by atoms with E-state index in [1.165, 1.54) is 0 Å². The van der Waals surface area contributed by atoms with Crippen LogP contribution in [0.25, 0.3) is 0 Å². The van der Waals surface area contributed by atoms with Crippen LogP contribution in [0.5, 0.6) is 0 Å². The third kappa shape index (κ3) is 4.20. The van der Waals surface area contributed by atoms with Crippen molar-refractivity contribution in [2.24, 2.45) is 5.92 Å². The summed E-state index contributed by atoms with van der Waals surface area (Å²) >= 11 is 0. The first-order valence-electron chi connectivity index (χ1n) is 7.70. The van der Waals surface area contributed by atoms with Crippen molar-refractivity contribution < 1.29 is 13.2 Å². The van der Waals surface area contributed by atoms with E-state index >= 15 is 0 Å². The van der Waals surface area contributed by atoms with Gasteiger partial charge in [-0.2, -0.15) is 0 Å². The van der Waals surface area contributed by atoms with Crippen LogP contribution in [0.15, 0.2) is 29.2 Å². The molecule has 1 unspecified atom stereocenters. The van der Waals surface area contributed by atoms with Gasteiger partial charge in [-0.15, -0.1) is 0 Å². The fraction of sp³-hybridized carbons (Fsp3) is 0.625. The maximum absolute atomic E-state index is 12.4. The molecule has 1 aromatic carbocycles. The first-order valence-corrected chi connectivity index (χ1v) is 9.36. The van der Waals surface area contributed by atoms with E-state index in [9.17, 15) is 8.42 Å². The van der Waals surface area contributed by atoms with Gasteiger partial charge in [0.15, 0.2) is 9.84 Å². The number of para-hydroxylation sites is 1. The highest BCUT2D eigenvalue weighted by Gasteiger charge is 2.23. The Bertz CT molecular complexity index is 550. The maximum atomic E-state index is 12.4. The first kappa shape index (κ1) is 16.3. The number of anilines is 1. The molecule has 0 bridgehead atoms. The SMILES string of the molecule is CCCS(=O)(=O)c1ccccc1NC(C)C1CCOCC1. The van der Waals surface area contributed by atoms with Gasteiger partial charge in [-0.1, -0.05) is 19.1 Å². The third-order valence-corrected chi connectivity index (χ3v) is 6.02. The summed E-state index contributed by atoms with van der Waals surface area (Å²) in [4.78, 5) is 0.422. The van der Waals surface area contributed by atoms with Crippen LogP contribution in [-0.2, 0) is 14.6 Å². The molecule has 0 saturated carbocycles. The van der Waals surface area contributed by atoms with Gasteiger partial charge in [0, 0.05) is 19.3 Å². The Hall–Kier alpha value is -1.07. The Morgan fingerprint density at radius 1 is 1.29 bits per heavy atom. The van der Waals surface area contributed by atoms with E-state index in [1.54, 1.807) is 12.1 Å². The van der Waals surface area contributed by atoms with Crippen molar-refractivity contribution in [3.8, 4) is 0 Å². The summed E-state index contributed by atoms with van der Waals surface area (Å²) in [6, 6.07) is 7.46. The molecule has 118 valence electrons. The molecule has 21 heavy (non-hydrogen) atoms. The van der Waals surface area contributed by atoms with Gasteiger partial charge in [0.05, 0.1) is 16.3 Å². The van der Waals surface area contributed by atoms with E-state index in [4.69, 9.17) is 4.74 Å². The molecule has 0 amide bonds. The lowest BCUT2D eigenvalue weighted by Gasteiger charge is -2.29. The Morgan fingerprint density at radius 2 is 1.95 bits per heavy atom. The minimum atomic E-state index is -3.20. The van der Waals surface area contributed by atoms with Crippen molar-refractivity contribution in [2.45, 2.75) is 44.0 Å². The number of ether oxygens (including phenoxy) is 1. The van der Waals surface area contributed by atoms with Gasteiger partial charge in [0.2, 0.25) is 0 Å². The van der Waals surface area contributed by atoms with Crippen LogP contribution in [0.3, 0.4) is 0 Å². The molecule has 5 heteroatoms. The minimum Gasteiger partial charge on any atom is -0.381 e. The summed E-state index contributed by atoms with van der Waals surface area (Å²) in [7, 11) is -3.20. The van der Waals surface area contributed by atoms with E-state index in [2.05, 4.69) is 12.2 Å². The van der Waals surface area contributed by atoms with Gasteiger partial charge < -0.3 is 10.1 Å². The quantitative estimate of drug-likeness (QED) is 0.877. The molecule has 2 rings (SSSR count). The number of rotatable bonds is 6. The molecule has 0 radical (unpaired) electrons. The van der Waals surface area contributed by atoms with Crippen molar-refractivity contribution in [2.75, 3.05) is 24.3 Å². The van der Waals surface area contributed by atoms with Crippen molar-refractivity contribution in [3.05, 3.63) is 24.3 Å². The summed E-state index contributed by atoms with van der Waals surface area (Å²) in [5, 5.41) is 3.41. The lowest BCUT2D eigenvalue weighted by atomic mass is 9.93. The molecule has 0 aliphatic carbocycles. The van der Waals surface area contributed by atoms with Crippen LogP contribution in [0, 0.1) is 5.92 Å². The van der Waals surface area contributed by atoms with Crippen LogP contribution in [0.2, 0.25) is 0 Å². The van der Waals surface area contributed by atoms with Crippen molar-refractivity contribution in [3.63, 3.8) is 0 Å². The second-order valence-electron chi connectivity index (χ2n) is 5.70. The van der Waals surface area contributed by atoms with Gasteiger partial charge in [-0.25, -0.2) is 8.42 Å². The number of sulfone groups is 1. The van der Waals surface area contributed by atoms with Crippen LogP contribution >= 0.6 is 0 Å². The molecule has 1 aliphatic heterocycles. The van der Waals surface area contributed by atoms with Crippen LogP contribution in [-0.4, -0.2) is 33.4 Å². The highest BCUT2D eigenvalue weighted by Crippen LogP contribution is 2.27. The molecule has 1 saturated heterocycles. The number of hydrogen-bond donors (Lipinski definition) is 1. The van der Waals surface area contributed by atoms with Crippen molar-refractivity contribution >= 4 is 15.5 Å². The molecule has 0 aromatic heterocycles. The summed E-state index contributed by atoms with van der Waals surface area (Å²) in [5.74, 6) is 0.720. The zero-order valence-corrected chi connectivity index (χ0v) is 13.7. The van der Waals surface area contributed by atoms with E-state index in [-0.39, 0.29) is 11.8 Å². The van der Waals surface area contributed by atoms with Crippen LogP contribution in [0.4, 0.5) is 5.69 Å². The summed E-state index contributed by atoms with van der Waals surface area (Å²) in [6.45, 7) is 5.61. The van der Waals surface area contributed by atoms with E-state index in [1.807, 2.05) is 19.1 Å². The summed E-state index contributed by atoms with van der Waals surface area (Å²) in [6.07, 6.45) is 2.68. The zero-order valence-electron chi connectivity index (χ0n) is 12.8. The molecular formula is C16H25NO3S. The summed E-state index contributed by atoms with van der Waals surface area (Å²) < 4.78 is 30.1. The van der Waals surface area contributed by atoms with E-state index in [0.29, 0.717) is 17.2 Å². The van der Waals surface area contributed by atoms with Crippen LogP contribution in [0.1, 0.15) is 33.1 Å². The van der Waals surface area contributed by atoms with Crippen molar-refractivity contribution in [1.29, 1.82) is 0 Å². The summed E-state index contributed by atoms with van der Waals surface area (Å²) in [5.41, 5.74) is 0.727. The topological polar surface area (TPSA) is 55.4 Å². The maximum Gasteiger partial charge on any atom is 0.180 e. The standard InChI is InChI=1S/C16H25NO3S/c1-3-12-21(18,19)16-7-5-4-6-15(16)17-13(2)14-8-10-20-11-9-14/h4-7,13-14,17H,3,8-12H2,1-2H3. The van der Waals surface area contributed by atoms with Gasteiger partial charge in [0.1, 0.15) is 0 Å². The monoisotopic (exact) mass is 311 g/mol. The molecule has 1 atom stereocenters. The van der Waals surface area contributed by atoms with Gasteiger partial charge in [0.25, 0.3) is 0 Å². The molecule has 4 nitrogen and oxygen atoms in total. The molecule has 1 fully saturated rings. The number of nitrogens with one attached hydrogen (secondary N) is 1. The predicted molar refractivity (Wildman–Crippen MR) is 85.4 cm³/mol. The van der Waals surface area contributed by atoms with Gasteiger partial charge in [-0.05, 0) is 44.2 Å². The molecule has 1 aliphatic rings. The third-order valence-electron chi connectivity index (χ3n) is 4.05. The lowest BCUT2D eigenvalue weighted by molar-refractivity contribution is 0.0622. The van der Waals surface area contributed by atoms with Crippen LogP contribution < -0.4 is 5.32 Å². The fourth-order valence-corrected chi connectivity index (χ4v) is 4.32. The van der Waals surface area contributed by atoms with Gasteiger partial charge >= 0.3 is 0 Å². The largest absolute Gasteiger partial charge is 0.381 e. The minimum absolute atomic E-state index is 0.192. The van der Waals surface area contributed by atoms with E-state index in [0.717, 1.165) is 31.7 Å². The smallest absolute Gasteiger partial charge is 0.180 e. The second kappa shape index (κ2) is 7.27. The average molecular weight is 311 g/mol. The number of hydrogen-bond acceptors (Lipinski definition) is 4. The predicted octanol–water partition coefficient (Wildman–Crippen LogP) is 3.10. The Labute approximate surface area is 127 Å². The molecule has 1 N–H and O–H groups in total. The Balaban J connectivity index is 2.16. The molecule has 0 spiro atoms. The van der Waals surface area contributed by atoms with Gasteiger partial charge in [-0.3, -0.25) is 0 Å². The molecule has 1 heterocycles. The highest BCUT2D eigenvalue weighted by molar-refractivity contribution is 7.91. The Kier molecular flexibility index (Phi) is 5.65. The number of benzene rings is 1. The zero-order chi connectivity index (χ0) is 15.3. The Morgan fingerprint density at radius 3 is 2.62 bits per heavy atom. The molecule has 1 aromatic rings. The lowest BCUT2D eigenvalue weighted by Crippen LogP contribution is -2.31. The molecular weight excluding hydrogens is 286 g/mol. The normalized spacial score (nSPS) is 18.4.